The lowest BCUT2D eigenvalue weighted by Gasteiger charge is -2.20. The second-order valence-electron chi connectivity index (χ2n) is 7.89. The first-order valence-corrected chi connectivity index (χ1v) is 12.9. The molecule has 0 aliphatic carbocycles. The molecule has 0 unspecified atom stereocenters. The van der Waals surface area contributed by atoms with E-state index in [1.54, 1.807) is 17.8 Å². The minimum atomic E-state index is -1.20. The standard InChI is InChI=1S/C24H30N2O4S2/c1-2-3-4-5-6-7-8-11-16-25-18-12-9-10-13-19(18)31-21(25)15-14-20-23(29)26(17-22(27)28)24(30)32-20/h9-10,12-15H,2-8,11,16-17H2,1H3,(H,27,28)/b20-14+,21-15+. The number of fused-ring (bicyclic) bond motifs is 1. The summed E-state index contributed by atoms with van der Waals surface area (Å²) in [6, 6.07) is 8.23. The number of anilines is 1. The van der Waals surface area contributed by atoms with E-state index in [1.807, 2.05) is 18.2 Å². The topological polar surface area (TPSA) is 77.9 Å². The Bertz CT molecular complexity index is 913. The van der Waals surface area contributed by atoms with E-state index in [0.717, 1.165) is 34.7 Å². The Kier molecular flexibility index (Phi) is 9.29. The molecule has 0 bridgehead atoms. The van der Waals surface area contributed by atoms with Gasteiger partial charge in [0, 0.05) is 11.4 Å². The molecular formula is C24H30N2O4S2. The predicted octanol–water partition coefficient (Wildman–Crippen LogP) is 6.24. The SMILES string of the molecule is CCCCCCCCCCN1/C(=C\C=C2\SC(=O)N(CC(=O)O)C2=O)Sc2ccccc21. The van der Waals surface area contributed by atoms with Gasteiger partial charge in [0.25, 0.3) is 11.1 Å². The van der Waals surface area contributed by atoms with Crippen LogP contribution in [0.15, 0.2) is 51.2 Å². The lowest BCUT2D eigenvalue weighted by atomic mass is 10.1. The predicted molar refractivity (Wildman–Crippen MR) is 131 cm³/mol. The van der Waals surface area contributed by atoms with Crippen molar-refractivity contribution in [2.75, 3.05) is 18.0 Å². The zero-order valence-corrected chi connectivity index (χ0v) is 20.1. The van der Waals surface area contributed by atoms with Gasteiger partial charge < -0.3 is 10.0 Å². The zero-order valence-electron chi connectivity index (χ0n) is 18.4. The smallest absolute Gasteiger partial charge is 0.323 e. The number of hydrogen-bond donors (Lipinski definition) is 1. The second-order valence-corrected chi connectivity index (χ2v) is 9.94. The quantitative estimate of drug-likeness (QED) is 0.283. The van der Waals surface area contributed by atoms with Gasteiger partial charge >= 0.3 is 5.97 Å². The van der Waals surface area contributed by atoms with Crippen molar-refractivity contribution in [2.24, 2.45) is 0 Å². The first-order chi connectivity index (χ1) is 15.5. The molecule has 2 amide bonds. The van der Waals surface area contributed by atoms with E-state index < -0.39 is 23.7 Å². The van der Waals surface area contributed by atoms with Crippen molar-refractivity contribution in [2.45, 2.75) is 63.2 Å². The number of carbonyl (C=O) groups excluding carboxylic acids is 2. The number of carboxylic acids is 1. The molecule has 0 aromatic heterocycles. The molecule has 32 heavy (non-hydrogen) atoms. The Morgan fingerprint density at radius 3 is 2.34 bits per heavy atom. The second kappa shape index (κ2) is 12.2. The number of imide groups is 1. The molecule has 1 aromatic rings. The Hall–Kier alpha value is -2.19. The third-order valence-electron chi connectivity index (χ3n) is 5.42. The molecule has 3 rings (SSSR count). The van der Waals surface area contributed by atoms with Crippen LogP contribution in [0.5, 0.6) is 0 Å². The number of amides is 2. The summed E-state index contributed by atoms with van der Waals surface area (Å²) < 4.78 is 0. The molecule has 0 spiro atoms. The molecule has 6 nitrogen and oxygen atoms in total. The van der Waals surface area contributed by atoms with Gasteiger partial charge in [-0.25, -0.2) is 0 Å². The number of aliphatic carboxylic acids is 1. The van der Waals surface area contributed by atoms with Crippen LogP contribution in [0.25, 0.3) is 0 Å². The number of allylic oxidation sites excluding steroid dienone is 2. The Morgan fingerprint density at radius 1 is 0.938 bits per heavy atom. The molecule has 1 N–H and O–H groups in total. The van der Waals surface area contributed by atoms with Gasteiger partial charge in [-0.05, 0) is 42.5 Å². The van der Waals surface area contributed by atoms with Crippen molar-refractivity contribution in [1.82, 2.24) is 4.90 Å². The highest BCUT2D eigenvalue weighted by molar-refractivity contribution is 8.18. The summed E-state index contributed by atoms with van der Waals surface area (Å²) in [6.07, 6.45) is 13.6. The molecule has 2 heterocycles. The number of thioether (sulfide) groups is 2. The van der Waals surface area contributed by atoms with E-state index in [4.69, 9.17) is 5.11 Å². The lowest BCUT2D eigenvalue weighted by molar-refractivity contribution is -0.140. The van der Waals surface area contributed by atoms with Crippen LogP contribution in [0.3, 0.4) is 0 Å². The molecule has 1 saturated heterocycles. The summed E-state index contributed by atoms with van der Waals surface area (Å²) >= 11 is 2.44. The van der Waals surface area contributed by atoms with E-state index in [2.05, 4.69) is 24.0 Å². The van der Waals surface area contributed by atoms with Gasteiger partial charge in [0.2, 0.25) is 0 Å². The van der Waals surface area contributed by atoms with Crippen LogP contribution in [0.1, 0.15) is 58.3 Å². The maximum Gasteiger partial charge on any atom is 0.323 e. The highest BCUT2D eigenvalue weighted by Crippen LogP contribution is 2.46. The molecule has 2 aliphatic heterocycles. The molecule has 1 fully saturated rings. The van der Waals surface area contributed by atoms with E-state index in [-0.39, 0.29) is 4.91 Å². The van der Waals surface area contributed by atoms with Gasteiger partial charge in [-0.15, -0.1) is 0 Å². The molecule has 8 heteroatoms. The third-order valence-corrected chi connectivity index (χ3v) is 7.47. The number of rotatable bonds is 12. The number of para-hydroxylation sites is 1. The van der Waals surface area contributed by atoms with Gasteiger partial charge in [-0.3, -0.25) is 19.3 Å². The van der Waals surface area contributed by atoms with Crippen LogP contribution in [0.4, 0.5) is 10.5 Å². The van der Waals surface area contributed by atoms with Crippen molar-refractivity contribution in [3.63, 3.8) is 0 Å². The highest BCUT2D eigenvalue weighted by Gasteiger charge is 2.36. The fraction of sp³-hybridized carbons (Fsp3) is 0.458. The average Bonchev–Trinajstić information content (AvgIpc) is 3.25. The Morgan fingerprint density at radius 2 is 1.62 bits per heavy atom. The number of hydrogen-bond acceptors (Lipinski definition) is 6. The minimum absolute atomic E-state index is 0.257. The van der Waals surface area contributed by atoms with E-state index in [0.29, 0.717) is 0 Å². The van der Waals surface area contributed by atoms with Gasteiger partial charge in [0.15, 0.2) is 0 Å². The summed E-state index contributed by atoms with van der Waals surface area (Å²) in [4.78, 5) is 39.8. The molecule has 0 atom stereocenters. The summed E-state index contributed by atoms with van der Waals surface area (Å²) in [5.74, 6) is -1.75. The van der Waals surface area contributed by atoms with E-state index in [1.165, 1.54) is 55.5 Å². The van der Waals surface area contributed by atoms with Crippen molar-refractivity contribution in [3.05, 3.63) is 46.4 Å². The summed E-state index contributed by atoms with van der Waals surface area (Å²) in [5, 5.41) is 9.38. The molecule has 1 aromatic carbocycles. The number of benzene rings is 1. The minimum Gasteiger partial charge on any atom is -0.480 e. The van der Waals surface area contributed by atoms with Crippen LogP contribution < -0.4 is 4.90 Å². The number of carboxylic acid groups (broad SMARTS) is 1. The van der Waals surface area contributed by atoms with E-state index >= 15 is 0 Å². The van der Waals surface area contributed by atoms with Crippen molar-refractivity contribution in [3.8, 4) is 0 Å². The number of carbonyl (C=O) groups is 3. The third kappa shape index (κ3) is 6.42. The number of unbranched alkanes of at least 4 members (excludes halogenated alkanes) is 7. The lowest BCUT2D eigenvalue weighted by Crippen LogP contribution is -2.33. The van der Waals surface area contributed by atoms with Gasteiger partial charge in [-0.2, -0.15) is 0 Å². The van der Waals surface area contributed by atoms with Gasteiger partial charge in [-0.1, -0.05) is 75.8 Å². The highest BCUT2D eigenvalue weighted by atomic mass is 32.2. The van der Waals surface area contributed by atoms with Crippen LogP contribution in [0, 0.1) is 0 Å². The van der Waals surface area contributed by atoms with Crippen molar-refractivity contribution >= 4 is 46.3 Å². The van der Waals surface area contributed by atoms with Gasteiger partial charge in [0.1, 0.15) is 6.54 Å². The van der Waals surface area contributed by atoms with Crippen LogP contribution >= 0.6 is 23.5 Å². The Balaban J connectivity index is 1.62. The summed E-state index contributed by atoms with van der Waals surface area (Å²) in [7, 11) is 0. The zero-order chi connectivity index (χ0) is 22.9. The molecule has 172 valence electrons. The van der Waals surface area contributed by atoms with Crippen molar-refractivity contribution < 1.29 is 19.5 Å². The van der Waals surface area contributed by atoms with E-state index in [9.17, 15) is 14.4 Å². The maximum atomic E-state index is 12.4. The molecule has 0 radical (unpaired) electrons. The molecule has 2 aliphatic rings. The normalized spacial score (nSPS) is 18.3. The average molecular weight is 475 g/mol. The summed E-state index contributed by atoms with van der Waals surface area (Å²) in [5.41, 5.74) is 1.17. The fourth-order valence-corrected chi connectivity index (χ4v) is 5.61. The summed E-state index contributed by atoms with van der Waals surface area (Å²) in [6.45, 7) is 2.53. The van der Waals surface area contributed by atoms with Crippen LogP contribution in [-0.4, -0.2) is 40.2 Å². The first-order valence-electron chi connectivity index (χ1n) is 11.2. The molecular weight excluding hydrogens is 444 g/mol. The monoisotopic (exact) mass is 474 g/mol. The molecule has 0 saturated carbocycles. The maximum absolute atomic E-state index is 12.4. The first kappa shape index (κ1) is 24.5. The van der Waals surface area contributed by atoms with Crippen LogP contribution in [-0.2, 0) is 9.59 Å². The van der Waals surface area contributed by atoms with Crippen LogP contribution in [0.2, 0.25) is 0 Å². The fourth-order valence-electron chi connectivity index (χ4n) is 3.74. The Labute approximate surface area is 198 Å². The van der Waals surface area contributed by atoms with Crippen molar-refractivity contribution in [1.29, 1.82) is 0 Å². The van der Waals surface area contributed by atoms with Gasteiger partial charge in [0.05, 0.1) is 15.6 Å². The largest absolute Gasteiger partial charge is 0.480 e. The number of nitrogens with zero attached hydrogens (tertiary/aromatic N) is 2.